The van der Waals surface area contributed by atoms with Gasteiger partial charge in [0.25, 0.3) is 0 Å². The van der Waals surface area contributed by atoms with Gasteiger partial charge in [0.15, 0.2) is 6.61 Å². The maximum absolute atomic E-state index is 13.0. The van der Waals surface area contributed by atoms with E-state index < -0.39 is 42.5 Å². The molecule has 1 heterocycles. The van der Waals surface area contributed by atoms with Gasteiger partial charge >= 0.3 is 12.3 Å². The monoisotopic (exact) mass is 501 g/mol. The molecule has 0 aliphatic heterocycles. The van der Waals surface area contributed by atoms with Crippen molar-refractivity contribution in [1.82, 2.24) is 15.6 Å². The molecule has 7 nitrogen and oxygen atoms in total. The first-order valence-corrected chi connectivity index (χ1v) is 10.8. The second-order valence-electron chi connectivity index (χ2n) is 8.55. The van der Waals surface area contributed by atoms with Crippen molar-refractivity contribution in [2.45, 2.75) is 58.0 Å². The number of halogens is 4. The Morgan fingerprint density at radius 1 is 1.09 bits per heavy atom. The van der Waals surface area contributed by atoms with Gasteiger partial charge in [-0.25, -0.2) is 4.79 Å². The maximum Gasteiger partial charge on any atom is 0.422 e. The van der Waals surface area contributed by atoms with Gasteiger partial charge in [-0.1, -0.05) is 29.8 Å². The molecule has 0 fully saturated rings. The minimum Gasteiger partial charge on any atom is -0.483 e. The minimum absolute atomic E-state index is 0.0530. The summed E-state index contributed by atoms with van der Waals surface area (Å²) in [7, 11) is 0. The summed E-state index contributed by atoms with van der Waals surface area (Å²) in [5.41, 5.74) is 0.279. The Morgan fingerprint density at radius 2 is 1.76 bits per heavy atom. The molecule has 2 atom stereocenters. The van der Waals surface area contributed by atoms with Gasteiger partial charge < -0.3 is 20.1 Å². The van der Waals surface area contributed by atoms with Crippen LogP contribution in [-0.4, -0.2) is 41.4 Å². The number of amides is 2. The fourth-order valence-corrected chi connectivity index (χ4v) is 3.04. The molecule has 0 aliphatic carbocycles. The van der Waals surface area contributed by atoms with Crippen molar-refractivity contribution in [3.8, 4) is 5.75 Å². The smallest absolute Gasteiger partial charge is 0.422 e. The van der Waals surface area contributed by atoms with Crippen molar-refractivity contribution in [2.24, 2.45) is 0 Å². The Hall–Kier alpha value is -3.01. The van der Waals surface area contributed by atoms with Gasteiger partial charge in [-0.2, -0.15) is 13.2 Å². The molecule has 2 amide bonds. The summed E-state index contributed by atoms with van der Waals surface area (Å²) in [6.45, 7) is 5.32. The van der Waals surface area contributed by atoms with Crippen LogP contribution in [0.4, 0.5) is 18.0 Å². The Morgan fingerprint density at radius 3 is 2.32 bits per heavy atom. The van der Waals surface area contributed by atoms with E-state index in [0.29, 0.717) is 16.3 Å². The molecule has 0 spiro atoms. The summed E-state index contributed by atoms with van der Waals surface area (Å²) < 4.78 is 46.8. The van der Waals surface area contributed by atoms with Gasteiger partial charge in [0.2, 0.25) is 5.91 Å². The predicted octanol–water partition coefficient (Wildman–Crippen LogP) is 4.99. The number of hydrogen-bond donors (Lipinski definition) is 2. The first kappa shape index (κ1) is 27.2. The maximum atomic E-state index is 13.0. The second-order valence-corrected chi connectivity index (χ2v) is 8.95. The number of hydrogen-bond acceptors (Lipinski definition) is 5. The molecular formula is C23H27ClF3N3O4. The molecule has 0 saturated carbocycles. The number of ether oxygens (including phenoxy) is 2. The lowest BCUT2D eigenvalue weighted by Gasteiger charge is -2.24. The van der Waals surface area contributed by atoms with Crippen LogP contribution in [0.1, 0.15) is 45.0 Å². The zero-order chi connectivity index (χ0) is 25.5. The van der Waals surface area contributed by atoms with Crippen LogP contribution in [0.3, 0.4) is 0 Å². The lowest BCUT2D eigenvalue weighted by molar-refractivity contribution is -0.153. The number of nitrogens with one attached hydrogen (secondary N) is 2. The van der Waals surface area contributed by atoms with E-state index in [9.17, 15) is 22.8 Å². The third kappa shape index (κ3) is 9.46. The van der Waals surface area contributed by atoms with E-state index in [1.807, 2.05) is 0 Å². The summed E-state index contributed by atoms with van der Waals surface area (Å²) in [6, 6.07) is 8.08. The number of benzene rings is 1. The van der Waals surface area contributed by atoms with Crippen LogP contribution >= 0.6 is 11.6 Å². The highest BCUT2D eigenvalue weighted by Gasteiger charge is 2.29. The number of aromatic nitrogens is 1. The summed E-state index contributed by atoms with van der Waals surface area (Å²) in [5, 5.41) is 5.75. The summed E-state index contributed by atoms with van der Waals surface area (Å²) >= 11 is 6.22. The molecule has 2 aromatic rings. The highest BCUT2D eigenvalue weighted by molar-refractivity contribution is 6.31. The summed E-state index contributed by atoms with van der Waals surface area (Å²) in [5.74, 6) is -0.569. The Balaban J connectivity index is 2.10. The van der Waals surface area contributed by atoms with Crippen molar-refractivity contribution in [3.05, 3.63) is 58.9 Å². The Labute approximate surface area is 201 Å². The van der Waals surface area contributed by atoms with Crippen LogP contribution in [0.2, 0.25) is 5.02 Å². The molecule has 2 rings (SSSR count). The van der Waals surface area contributed by atoms with Crippen molar-refractivity contribution in [2.75, 3.05) is 6.61 Å². The third-order valence-corrected chi connectivity index (χ3v) is 4.72. The first-order valence-electron chi connectivity index (χ1n) is 10.4. The molecule has 0 saturated heterocycles. The van der Waals surface area contributed by atoms with E-state index in [-0.39, 0.29) is 12.2 Å². The fourth-order valence-electron chi connectivity index (χ4n) is 2.83. The number of carbonyl (C=O) groups excluding carboxylic acids is 2. The second kappa shape index (κ2) is 11.4. The molecular weight excluding hydrogens is 475 g/mol. The topological polar surface area (TPSA) is 89.6 Å². The van der Waals surface area contributed by atoms with Crippen molar-refractivity contribution >= 4 is 23.6 Å². The van der Waals surface area contributed by atoms with Gasteiger partial charge in [0.05, 0.1) is 17.9 Å². The molecule has 186 valence electrons. The minimum atomic E-state index is -4.46. The molecule has 0 bridgehead atoms. The number of nitrogens with zero attached hydrogens (tertiary/aromatic N) is 1. The van der Waals surface area contributed by atoms with Crippen LogP contribution in [0.5, 0.6) is 5.75 Å². The number of alkyl halides is 3. The number of alkyl carbamates (subject to hydrolysis) is 1. The fraction of sp³-hybridized carbons (Fsp3) is 0.435. The van der Waals surface area contributed by atoms with Gasteiger partial charge in [-0.3, -0.25) is 9.78 Å². The third-order valence-electron chi connectivity index (χ3n) is 4.35. The molecule has 0 unspecified atom stereocenters. The van der Waals surface area contributed by atoms with Crippen molar-refractivity contribution in [1.29, 1.82) is 0 Å². The SMILES string of the molecule is C[C@@H](NC(=O)[C@H](Cc1ccccc1Cl)NC(=O)OC(C)(C)C)c1ccc(OCC(F)(F)F)cn1. The van der Waals surface area contributed by atoms with E-state index in [1.165, 1.54) is 12.1 Å². The molecule has 11 heteroatoms. The molecule has 2 N–H and O–H groups in total. The van der Waals surface area contributed by atoms with Crippen molar-refractivity contribution in [3.63, 3.8) is 0 Å². The molecule has 0 radical (unpaired) electrons. The van der Waals surface area contributed by atoms with E-state index in [1.54, 1.807) is 52.0 Å². The van der Waals surface area contributed by atoms with E-state index in [2.05, 4.69) is 20.4 Å². The lowest BCUT2D eigenvalue weighted by Crippen LogP contribution is -2.49. The summed E-state index contributed by atoms with van der Waals surface area (Å²) in [4.78, 5) is 29.4. The molecule has 34 heavy (non-hydrogen) atoms. The average Bonchev–Trinajstić information content (AvgIpc) is 2.71. The number of carbonyl (C=O) groups is 2. The van der Waals surface area contributed by atoms with Crippen LogP contribution in [-0.2, 0) is 16.0 Å². The van der Waals surface area contributed by atoms with Gasteiger partial charge in [0, 0.05) is 11.4 Å². The van der Waals surface area contributed by atoms with E-state index in [0.717, 1.165) is 6.20 Å². The van der Waals surface area contributed by atoms with Gasteiger partial charge in [-0.15, -0.1) is 0 Å². The molecule has 1 aromatic carbocycles. The van der Waals surface area contributed by atoms with Crippen LogP contribution in [0.25, 0.3) is 0 Å². The normalized spacial score (nSPS) is 13.5. The standard InChI is InChI=1S/C23H27ClF3N3O4/c1-14(18-10-9-16(12-28-18)33-13-23(25,26)27)29-20(31)19(30-21(32)34-22(2,3)4)11-15-7-5-6-8-17(15)24/h5-10,12,14,19H,11,13H2,1-4H3,(H,29,31)(H,30,32)/t14-,19+/m1/s1. The average molecular weight is 502 g/mol. The predicted molar refractivity (Wildman–Crippen MR) is 121 cm³/mol. The zero-order valence-electron chi connectivity index (χ0n) is 19.2. The highest BCUT2D eigenvalue weighted by atomic mass is 35.5. The molecule has 1 aromatic heterocycles. The van der Waals surface area contributed by atoms with Crippen LogP contribution in [0.15, 0.2) is 42.6 Å². The summed E-state index contributed by atoms with van der Waals surface area (Å²) in [6.07, 6.45) is -3.98. The van der Waals surface area contributed by atoms with Gasteiger partial charge in [0.1, 0.15) is 17.4 Å². The Bertz CT molecular complexity index is 979. The van der Waals surface area contributed by atoms with E-state index >= 15 is 0 Å². The highest BCUT2D eigenvalue weighted by Crippen LogP contribution is 2.20. The molecule has 0 aliphatic rings. The quantitative estimate of drug-likeness (QED) is 0.532. The largest absolute Gasteiger partial charge is 0.483 e. The van der Waals surface area contributed by atoms with Crippen LogP contribution < -0.4 is 15.4 Å². The number of rotatable bonds is 8. The lowest BCUT2D eigenvalue weighted by atomic mass is 10.0. The van der Waals surface area contributed by atoms with E-state index in [4.69, 9.17) is 16.3 Å². The Kier molecular flexibility index (Phi) is 9.14. The zero-order valence-corrected chi connectivity index (χ0v) is 20.0. The van der Waals surface area contributed by atoms with Crippen LogP contribution in [0, 0.1) is 0 Å². The van der Waals surface area contributed by atoms with Gasteiger partial charge in [-0.05, 0) is 51.5 Å². The van der Waals surface area contributed by atoms with Crippen molar-refractivity contribution < 1.29 is 32.2 Å². The number of pyridine rings is 1. The first-order chi connectivity index (χ1) is 15.7.